The van der Waals surface area contributed by atoms with Gasteiger partial charge in [0.15, 0.2) is 0 Å². The first kappa shape index (κ1) is 13.6. The zero-order chi connectivity index (χ0) is 13.0. The Hall–Kier alpha value is -0.830. The largest absolute Gasteiger partial charge is 0.332 e. The van der Waals surface area contributed by atoms with E-state index in [1.807, 2.05) is 0 Å². The average molecular weight is 249 g/mol. The molecule has 0 radical (unpaired) electrons. The fraction of sp³-hybridized carbons (Fsp3) is 0.800. The maximum atomic E-state index is 4.73. The minimum Gasteiger partial charge on any atom is -0.332 e. The predicted octanol–water partition coefficient (Wildman–Crippen LogP) is 2.85. The Morgan fingerprint density at radius 2 is 2.00 bits per heavy atom. The summed E-state index contributed by atoms with van der Waals surface area (Å²) in [4.78, 5) is 4.73. The van der Waals surface area contributed by atoms with Crippen LogP contribution in [0.1, 0.15) is 56.7 Å². The summed E-state index contributed by atoms with van der Waals surface area (Å²) in [6.07, 6.45) is 7.60. The Kier molecular flexibility index (Phi) is 4.81. The van der Waals surface area contributed by atoms with E-state index in [1.54, 1.807) is 0 Å². The lowest BCUT2D eigenvalue weighted by Gasteiger charge is -2.15. The molecule has 1 aromatic heterocycles. The van der Waals surface area contributed by atoms with E-state index in [0.717, 1.165) is 13.1 Å². The molecule has 102 valence electrons. The fourth-order valence-electron chi connectivity index (χ4n) is 2.82. The first-order valence-corrected chi connectivity index (χ1v) is 7.46. The van der Waals surface area contributed by atoms with E-state index >= 15 is 0 Å². The minimum atomic E-state index is 0.604. The Balaban J connectivity index is 1.84. The van der Waals surface area contributed by atoms with E-state index in [9.17, 15) is 0 Å². The first-order chi connectivity index (χ1) is 8.68. The van der Waals surface area contributed by atoms with Crippen LogP contribution in [0.3, 0.4) is 0 Å². The van der Waals surface area contributed by atoms with Crippen LogP contribution in [0, 0.1) is 6.92 Å². The highest BCUT2D eigenvalue weighted by molar-refractivity contribution is 5.19. The van der Waals surface area contributed by atoms with E-state index in [1.165, 1.54) is 55.7 Å². The summed E-state index contributed by atoms with van der Waals surface area (Å²) < 4.78 is 2.46. The van der Waals surface area contributed by atoms with Crippen LogP contribution < -0.4 is 5.32 Å². The number of imidazole rings is 1. The monoisotopic (exact) mass is 249 g/mol. The third kappa shape index (κ3) is 3.35. The van der Waals surface area contributed by atoms with Crippen molar-refractivity contribution in [2.75, 3.05) is 6.54 Å². The van der Waals surface area contributed by atoms with Crippen molar-refractivity contribution in [2.45, 2.75) is 71.9 Å². The van der Waals surface area contributed by atoms with Gasteiger partial charge >= 0.3 is 0 Å². The molecule has 0 amide bonds. The molecule has 1 heterocycles. The highest BCUT2D eigenvalue weighted by Crippen LogP contribution is 2.22. The van der Waals surface area contributed by atoms with Crippen molar-refractivity contribution in [3.05, 3.63) is 17.2 Å². The predicted molar refractivity (Wildman–Crippen MR) is 76.0 cm³/mol. The topological polar surface area (TPSA) is 29.9 Å². The summed E-state index contributed by atoms with van der Waals surface area (Å²) in [5.41, 5.74) is 2.90. The van der Waals surface area contributed by atoms with Crippen molar-refractivity contribution in [3.63, 3.8) is 0 Å². The van der Waals surface area contributed by atoms with Gasteiger partial charge in [-0.1, -0.05) is 13.8 Å². The molecule has 1 aromatic rings. The van der Waals surface area contributed by atoms with Crippen molar-refractivity contribution in [3.8, 4) is 0 Å². The molecule has 0 saturated heterocycles. The van der Waals surface area contributed by atoms with E-state index < -0.39 is 0 Å². The Labute approximate surface area is 111 Å². The van der Waals surface area contributed by atoms with Crippen LogP contribution in [0.25, 0.3) is 0 Å². The highest BCUT2D eigenvalue weighted by atomic mass is 15.1. The maximum absolute atomic E-state index is 4.73. The number of aryl methyl sites for hydroxylation is 2. The molecular weight excluding hydrogens is 222 g/mol. The minimum absolute atomic E-state index is 0.604. The highest BCUT2D eigenvalue weighted by Gasteiger charge is 2.17. The summed E-state index contributed by atoms with van der Waals surface area (Å²) in [6.45, 7) is 8.85. The van der Waals surface area contributed by atoms with Gasteiger partial charge in [-0.2, -0.15) is 0 Å². The normalized spacial score (nSPS) is 15.1. The zero-order valence-electron chi connectivity index (χ0n) is 12.1. The summed E-state index contributed by atoms with van der Waals surface area (Å²) >= 11 is 0. The molecule has 1 aliphatic carbocycles. The smallest absolute Gasteiger partial charge is 0.106 e. The molecule has 2 rings (SSSR count). The van der Waals surface area contributed by atoms with Crippen LogP contribution in [-0.4, -0.2) is 22.1 Å². The van der Waals surface area contributed by atoms with Gasteiger partial charge in [-0.15, -0.1) is 0 Å². The molecule has 18 heavy (non-hydrogen) atoms. The standard InChI is InChI=1S/C15H27N3/c1-12(2)16-10-6-7-11-18-13(3)17-14-8-4-5-9-15(14)18/h12,16H,4-11H2,1-3H3. The van der Waals surface area contributed by atoms with Crippen LogP contribution in [0.5, 0.6) is 0 Å². The van der Waals surface area contributed by atoms with E-state index in [4.69, 9.17) is 4.98 Å². The number of rotatable bonds is 6. The van der Waals surface area contributed by atoms with Crippen LogP contribution in [0.2, 0.25) is 0 Å². The molecule has 3 nitrogen and oxygen atoms in total. The number of fused-ring (bicyclic) bond motifs is 1. The van der Waals surface area contributed by atoms with Crippen LogP contribution >= 0.6 is 0 Å². The summed E-state index contributed by atoms with van der Waals surface area (Å²) in [5, 5.41) is 3.48. The Morgan fingerprint density at radius 3 is 2.78 bits per heavy atom. The van der Waals surface area contributed by atoms with Gasteiger partial charge in [0.25, 0.3) is 0 Å². The van der Waals surface area contributed by atoms with Crippen LogP contribution in [0.4, 0.5) is 0 Å². The Bertz CT molecular complexity index is 379. The number of nitrogens with one attached hydrogen (secondary N) is 1. The summed E-state index contributed by atoms with van der Waals surface area (Å²) in [7, 11) is 0. The molecule has 0 aliphatic heterocycles. The van der Waals surface area contributed by atoms with Gasteiger partial charge in [-0.3, -0.25) is 0 Å². The molecule has 0 aromatic carbocycles. The lowest BCUT2D eigenvalue weighted by atomic mass is 10.0. The zero-order valence-corrected chi connectivity index (χ0v) is 12.1. The number of nitrogens with zero attached hydrogens (tertiary/aromatic N) is 2. The Morgan fingerprint density at radius 1 is 1.22 bits per heavy atom. The molecular formula is C15H27N3. The van der Waals surface area contributed by atoms with Gasteiger partial charge in [0.05, 0.1) is 5.69 Å². The van der Waals surface area contributed by atoms with Crippen molar-refractivity contribution in [1.29, 1.82) is 0 Å². The van der Waals surface area contributed by atoms with Gasteiger partial charge < -0.3 is 9.88 Å². The lowest BCUT2D eigenvalue weighted by molar-refractivity contribution is 0.516. The van der Waals surface area contributed by atoms with E-state index in [-0.39, 0.29) is 0 Å². The third-order valence-corrected chi connectivity index (χ3v) is 3.78. The summed E-state index contributed by atoms with van der Waals surface area (Å²) in [5.74, 6) is 1.22. The third-order valence-electron chi connectivity index (χ3n) is 3.78. The van der Waals surface area contributed by atoms with E-state index in [2.05, 4.69) is 30.7 Å². The van der Waals surface area contributed by atoms with Crippen molar-refractivity contribution in [1.82, 2.24) is 14.9 Å². The molecule has 1 N–H and O–H groups in total. The second-order valence-electron chi connectivity index (χ2n) is 5.73. The first-order valence-electron chi connectivity index (χ1n) is 7.46. The quantitative estimate of drug-likeness (QED) is 0.786. The lowest BCUT2D eigenvalue weighted by Crippen LogP contribution is -2.23. The molecule has 0 bridgehead atoms. The molecule has 0 atom stereocenters. The SMILES string of the molecule is Cc1nc2c(n1CCCCNC(C)C)CCCC2. The maximum Gasteiger partial charge on any atom is 0.106 e. The van der Waals surface area contributed by atoms with Crippen molar-refractivity contribution < 1.29 is 0 Å². The average Bonchev–Trinajstić information content (AvgIpc) is 2.65. The van der Waals surface area contributed by atoms with Crippen molar-refractivity contribution in [2.24, 2.45) is 0 Å². The second kappa shape index (κ2) is 6.37. The van der Waals surface area contributed by atoms with Gasteiger partial charge in [-0.05, 0) is 52.0 Å². The molecule has 0 fully saturated rings. The van der Waals surface area contributed by atoms with Crippen molar-refractivity contribution >= 4 is 0 Å². The number of hydrogen-bond acceptors (Lipinski definition) is 2. The number of hydrogen-bond donors (Lipinski definition) is 1. The van der Waals surface area contributed by atoms with Gasteiger partial charge in [-0.25, -0.2) is 4.98 Å². The van der Waals surface area contributed by atoms with Crippen LogP contribution in [-0.2, 0) is 19.4 Å². The molecule has 1 aliphatic rings. The van der Waals surface area contributed by atoms with Gasteiger partial charge in [0.2, 0.25) is 0 Å². The molecule has 0 saturated carbocycles. The number of aromatic nitrogens is 2. The van der Waals surface area contributed by atoms with E-state index in [0.29, 0.717) is 6.04 Å². The van der Waals surface area contributed by atoms with Gasteiger partial charge in [0, 0.05) is 18.3 Å². The summed E-state index contributed by atoms with van der Waals surface area (Å²) in [6, 6.07) is 0.604. The van der Waals surface area contributed by atoms with Gasteiger partial charge in [0.1, 0.15) is 5.82 Å². The number of unbranched alkanes of at least 4 members (excludes halogenated alkanes) is 1. The second-order valence-corrected chi connectivity index (χ2v) is 5.73. The van der Waals surface area contributed by atoms with Crippen LogP contribution in [0.15, 0.2) is 0 Å². The molecule has 0 spiro atoms. The molecule has 0 unspecified atom stereocenters. The molecule has 3 heteroatoms. The fourth-order valence-corrected chi connectivity index (χ4v) is 2.82.